The summed E-state index contributed by atoms with van der Waals surface area (Å²) in [7, 11) is 0. The third-order valence-corrected chi connectivity index (χ3v) is 4.69. The Kier molecular flexibility index (Phi) is 6.94. The number of aliphatic hydroxyl groups excluding tert-OH is 2. The number of allylic oxidation sites excluding steroid dienone is 2. The molecule has 2 N–H and O–H groups in total. The molecule has 0 spiro atoms. The molecule has 2 rings (SSSR count). The van der Waals surface area contributed by atoms with Crippen LogP contribution < -0.4 is 0 Å². The van der Waals surface area contributed by atoms with Gasteiger partial charge in [-0.05, 0) is 38.8 Å². The van der Waals surface area contributed by atoms with Crippen molar-refractivity contribution in [1.29, 1.82) is 0 Å². The van der Waals surface area contributed by atoms with E-state index >= 15 is 0 Å². The Bertz CT molecular complexity index is 670. The van der Waals surface area contributed by atoms with Crippen LogP contribution in [0.1, 0.15) is 33.1 Å². The largest absolute Gasteiger partial charge is 0.458 e. The predicted molar refractivity (Wildman–Crippen MR) is 96.0 cm³/mol. The summed E-state index contributed by atoms with van der Waals surface area (Å²) in [6.45, 7) is 6.85. The third-order valence-electron chi connectivity index (χ3n) is 4.69. The average molecular weight is 362 g/mol. The van der Waals surface area contributed by atoms with Crippen LogP contribution in [-0.4, -0.2) is 47.6 Å². The van der Waals surface area contributed by atoms with Crippen molar-refractivity contribution in [2.24, 2.45) is 5.92 Å². The van der Waals surface area contributed by atoms with Gasteiger partial charge in [0.2, 0.25) is 0 Å². The van der Waals surface area contributed by atoms with E-state index in [0.717, 1.165) is 24.0 Å². The molecule has 0 radical (unpaired) electrons. The molecule has 1 heterocycles. The first kappa shape index (κ1) is 20.1. The summed E-state index contributed by atoms with van der Waals surface area (Å²) in [6, 6.07) is 0. The first-order valence-corrected chi connectivity index (χ1v) is 8.71. The first-order chi connectivity index (χ1) is 12.4. The van der Waals surface area contributed by atoms with Crippen LogP contribution in [0.3, 0.4) is 0 Å². The van der Waals surface area contributed by atoms with E-state index in [0.29, 0.717) is 6.42 Å². The van der Waals surface area contributed by atoms with E-state index in [9.17, 15) is 14.7 Å². The van der Waals surface area contributed by atoms with Gasteiger partial charge in [0.05, 0.1) is 24.7 Å². The predicted octanol–water partition coefficient (Wildman–Crippen LogP) is 1.98. The van der Waals surface area contributed by atoms with Gasteiger partial charge in [0.25, 0.3) is 0 Å². The van der Waals surface area contributed by atoms with Crippen LogP contribution in [0.5, 0.6) is 0 Å². The van der Waals surface area contributed by atoms with Crippen LogP contribution in [0.4, 0.5) is 0 Å². The standard InChI is InChI=1S/C20H26O6/c1-12-5-4-6-13(2)10-17(26-20(24)15(11-22)7-8-21)18-14(3)19(23)25-16(18)9-12/h6-7,9,16-18,21-22H,3-5,8,10-11H2,1-2H3/b12-9-,13-6-,15-7+/t16-,17-,18?/m1/s1. The molecule has 1 aliphatic heterocycles. The molecule has 0 saturated carbocycles. The molecule has 3 atom stereocenters. The summed E-state index contributed by atoms with van der Waals surface area (Å²) in [6.07, 6.45) is 6.17. The summed E-state index contributed by atoms with van der Waals surface area (Å²) in [5.41, 5.74) is 2.39. The maximum absolute atomic E-state index is 12.4. The van der Waals surface area contributed by atoms with Gasteiger partial charge in [-0.2, -0.15) is 0 Å². The molecule has 6 heteroatoms. The second-order valence-electron chi connectivity index (χ2n) is 6.74. The van der Waals surface area contributed by atoms with Crippen molar-refractivity contribution in [1.82, 2.24) is 0 Å². The summed E-state index contributed by atoms with van der Waals surface area (Å²) >= 11 is 0. The summed E-state index contributed by atoms with van der Waals surface area (Å²) in [5.74, 6) is -1.70. The zero-order valence-corrected chi connectivity index (χ0v) is 15.2. The Labute approximate surface area is 153 Å². The topological polar surface area (TPSA) is 93.1 Å². The molecule has 1 saturated heterocycles. The Balaban J connectivity index is 2.36. The molecular formula is C20H26O6. The van der Waals surface area contributed by atoms with Crippen molar-refractivity contribution in [3.05, 3.63) is 47.1 Å². The number of ether oxygens (including phenoxy) is 2. The Morgan fingerprint density at radius 3 is 2.77 bits per heavy atom. The van der Waals surface area contributed by atoms with E-state index in [2.05, 4.69) is 12.7 Å². The number of hydrogen-bond donors (Lipinski definition) is 2. The number of carbonyl (C=O) groups excluding carboxylic acids is 2. The molecule has 26 heavy (non-hydrogen) atoms. The molecule has 0 bridgehead atoms. The lowest BCUT2D eigenvalue weighted by Crippen LogP contribution is -2.34. The average Bonchev–Trinajstić information content (AvgIpc) is 2.85. The van der Waals surface area contributed by atoms with Crippen LogP contribution in [0.2, 0.25) is 0 Å². The zero-order valence-electron chi connectivity index (χ0n) is 15.2. The number of aliphatic hydroxyl groups is 2. The van der Waals surface area contributed by atoms with E-state index in [1.54, 1.807) is 0 Å². The van der Waals surface area contributed by atoms with Crippen LogP contribution in [0.15, 0.2) is 47.1 Å². The molecule has 0 aromatic rings. The lowest BCUT2D eigenvalue weighted by atomic mass is 9.85. The second-order valence-corrected chi connectivity index (χ2v) is 6.74. The lowest BCUT2D eigenvalue weighted by Gasteiger charge is -2.27. The number of fused-ring (bicyclic) bond motifs is 1. The maximum atomic E-state index is 12.4. The highest BCUT2D eigenvalue weighted by Crippen LogP contribution is 2.36. The zero-order chi connectivity index (χ0) is 19.3. The monoisotopic (exact) mass is 362 g/mol. The van der Waals surface area contributed by atoms with Gasteiger partial charge in [0.15, 0.2) is 0 Å². The highest BCUT2D eigenvalue weighted by Gasteiger charge is 2.44. The van der Waals surface area contributed by atoms with Gasteiger partial charge in [0.1, 0.15) is 12.2 Å². The minimum Gasteiger partial charge on any atom is -0.458 e. The molecule has 1 unspecified atom stereocenters. The van der Waals surface area contributed by atoms with E-state index in [1.807, 2.05) is 19.9 Å². The SMILES string of the molecule is C=C1C(=O)O[C@@H]2/C=C(/C)CC/C=C(/C)C[C@@H](OC(=O)/C(=C/CO)CO)C12. The smallest absolute Gasteiger partial charge is 0.336 e. The first-order valence-electron chi connectivity index (χ1n) is 8.71. The van der Waals surface area contributed by atoms with Gasteiger partial charge in [-0.15, -0.1) is 0 Å². The fourth-order valence-electron chi connectivity index (χ4n) is 3.27. The fourth-order valence-corrected chi connectivity index (χ4v) is 3.27. The molecule has 1 fully saturated rings. The van der Waals surface area contributed by atoms with Crippen molar-refractivity contribution in [2.45, 2.75) is 45.3 Å². The number of hydrogen-bond acceptors (Lipinski definition) is 6. The van der Waals surface area contributed by atoms with Crippen molar-refractivity contribution in [3.8, 4) is 0 Å². The minimum absolute atomic E-state index is 0.0228. The molecule has 142 valence electrons. The van der Waals surface area contributed by atoms with Gasteiger partial charge in [-0.3, -0.25) is 0 Å². The number of rotatable bonds is 4. The Morgan fingerprint density at radius 1 is 1.38 bits per heavy atom. The normalized spacial score (nSPS) is 31.2. The number of esters is 2. The van der Waals surface area contributed by atoms with Crippen LogP contribution in [0.25, 0.3) is 0 Å². The molecule has 2 aliphatic rings. The van der Waals surface area contributed by atoms with Crippen molar-refractivity contribution in [3.63, 3.8) is 0 Å². The van der Waals surface area contributed by atoms with Gasteiger partial charge < -0.3 is 19.7 Å². The van der Waals surface area contributed by atoms with Gasteiger partial charge in [-0.25, -0.2) is 9.59 Å². The molecule has 1 aliphatic carbocycles. The van der Waals surface area contributed by atoms with Gasteiger partial charge in [0, 0.05) is 12.0 Å². The van der Waals surface area contributed by atoms with E-state index in [1.165, 1.54) is 6.08 Å². The van der Waals surface area contributed by atoms with Crippen molar-refractivity contribution in [2.75, 3.05) is 13.2 Å². The summed E-state index contributed by atoms with van der Waals surface area (Å²) in [5, 5.41) is 18.3. The van der Waals surface area contributed by atoms with Gasteiger partial charge in [-0.1, -0.05) is 23.8 Å². The minimum atomic E-state index is -0.719. The lowest BCUT2D eigenvalue weighted by molar-refractivity contribution is -0.147. The summed E-state index contributed by atoms with van der Waals surface area (Å²) < 4.78 is 11.1. The second kappa shape index (κ2) is 8.96. The Morgan fingerprint density at radius 2 is 2.12 bits per heavy atom. The van der Waals surface area contributed by atoms with E-state index in [4.69, 9.17) is 14.6 Å². The molecule has 6 nitrogen and oxygen atoms in total. The van der Waals surface area contributed by atoms with Crippen LogP contribution in [0, 0.1) is 5.92 Å². The third kappa shape index (κ3) is 4.71. The van der Waals surface area contributed by atoms with E-state index in [-0.39, 0.29) is 17.8 Å². The van der Waals surface area contributed by atoms with Crippen LogP contribution >= 0.6 is 0 Å². The Hall–Kier alpha value is -2.18. The fraction of sp³-hybridized carbons (Fsp3) is 0.500. The maximum Gasteiger partial charge on any atom is 0.336 e. The molecule has 0 aromatic heterocycles. The van der Waals surface area contributed by atoms with Crippen molar-refractivity contribution >= 4 is 11.9 Å². The molecule has 0 aromatic carbocycles. The molecular weight excluding hydrogens is 336 g/mol. The molecule has 0 amide bonds. The summed E-state index contributed by atoms with van der Waals surface area (Å²) in [4.78, 5) is 24.4. The number of carbonyl (C=O) groups is 2. The van der Waals surface area contributed by atoms with Gasteiger partial charge >= 0.3 is 11.9 Å². The highest BCUT2D eigenvalue weighted by molar-refractivity contribution is 5.92. The quantitative estimate of drug-likeness (QED) is 0.451. The van der Waals surface area contributed by atoms with Crippen molar-refractivity contribution < 1.29 is 29.3 Å². The van der Waals surface area contributed by atoms with E-state index < -0.39 is 36.7 Å². The highest BCUT2D eigenvalue weighted by atomic mass is 16.6. The van der Waals surface area contributed by atoms with Crippen LogP contribution in [-0.2, 0) is 19.1 Å².